The van der Waals surface area contributed by atoms with E-state index >= 15 is 0 Å². The van der Waals surface area contributed by atoms with Gasteiger partial charge in [0.05, 0.1) is 0 Å². The van der Waals surface area contributed by atoms with Crippen molar-refractivity contribution < 1.29 is 14.3 Å². The third-order valence-electron chi connectivity index (χ3n) is 1.86. The van der Waals surface area contributed by atoms with E-state index in [0.29, 0.717) is 10.8 Å². The second kappa shape index (κ2) is 4.32. The molecule has 16 heavy (non-hydrogen) atoms. The third-order valence-corrected chi connectivity index (χ3v) is 2.12. The van der Waals surface area contributed by atoms with Crippen molar-refractivity contribution in [3.63, 3.8) is 0 Å². The number of hydrogen-bond donors (Lipinski definition) is 1. The van der Waals surface area contributed by atoms with Gasteiger partial charge in [-0.15, -0.1) is 0 Å². The SMILES string of the molecule is CN1N/C(=C\Oc2ccc(Cl)cc2)OC1=O. The van der Waals surface area contributed by atoms with Gasteiger partial charge in [-0.3, -0.25) is 5.43 Å². The molecular formula is C10H9ClN2O3. The summed E-state index contributed by atoms with van der Waals surface area (Å²) in [6, 6.07) is 6.82. The number of cyclic esters (lactones) is 1. The summed E-state index contributed by atoms with van der Waals surface area (Å²) in [6.45, 7) is 0. The Morgan fingerprint density at radius 3 is 2.69 bits per heavy atom. The molecule has 1 aromatic carbocycles. The number of nitrogens with one attached hydrogen (secondary N) is 1. The van der Waals surface area contributed by atoms with Crippen molar-refractivity contribution in [2.24, 2.45) is 0 Å². The number of hydrazine groups is 1. The summed E-state index contributed by atoms with van der Waals surface area (Å²) in [7, 11) is 1.55. The monoisotopic (exact) mass is 240 g/mol. The van der Waals surface area contributed by atoms with Crippen molar-refractivity contribution >= 4 is 17.7 Å². The minimum atomic E-state index is -0.481. The first-order valence-electron chi connectivity index (χ1n) is 4.50. The third kappa shape index (κ3) is 2.38. The minimum absolute atomic E-state index is 0.238. The second-order valence-electron chi connectivity index (χ2n) is 3.09. The fraction of sp³-hybridized carbons (Fsp3) is 0.100. The molecule has 0 unspecified atom stereocenters. The number of carbonyl (C=O) groups is 1. The fourth-order valence-electron chi connectivity index (χ4n) is 1.08. The molecule has 84 valence electrons. The van der Waals surface area contributed by atoms with Crippen LogP contribution in [-0.2, 0) is 4.74 Å². The van der Waals surface area contributed by atoms with Gasteiger partial charge < -0.3 is 9.47 Å². The Bertz CT molecular complexity index is 430. The first kappa shape index (κ1) is 10.6. The van der Waals surface area contributed by atoms with Gasteiger partial charge >= 0.3 is 6.09 Å². The Hall–Kier alpha value is -1.88. The van der Waals surface area contributed by atoms with Crippen molar-refractivity contribution in [2.45, 2.75) is 0 Å². The lowest BCUT2D eigenvalue weighted by Crippen LogP contribution is -2.28. The summed E-state index contributed by atoms with van der Waals surface area (Å²) in [5.74, 6) is 0.840. The predicted molar refractivity (Wildman–Crippen MR) is 57.5 cm³/mol. The number of carbonyl (C=O) groups excluding carboxylic acids is 1. The van der Waals surface area contributed by atoms with Gasteiger partial charge in [0.25, 0.3) is 5.88 Å². The quantitative estimate of drug-likeness (QED) is 0.805. The van der Waals surface area contributed by atoms with Gasteiger partial charge in [-0.1, -0.05) is 11.6 Å². The highest BCUT2D eigenvalue weighted by Crippen LogP contribution is 2.16. The number of amides is 1. The highest BCUT2D eigenvalue weighted by molar-refractivity contribution is 6.30. The summed E-state index contributed by atoms with van der Waals surface area (Å²) >= 11 is 5.72. The Kier molecular flexibility index (Phi) is 2.87. The standard InChI is InChI=1S/C10H9ClN2O3/c1-13-10(14)16-9(12-13)6-15-8-4-2-7(11)3-5-8/h2-6,12H,1H3/b9-6+. The topological polar surface area (TPSA) is 50.8 Å². The molecule has 0 radical (unpaired) electrons. The van der Waals surface area contributed by atoms with Crippen molar-refractivity contribution in [3.05, 3.63) is 41.4 Å². The normalized spacial score (nSPS) is 17.2. The maximum atomic E-state index is 11.0. The summed E-state index contributed by atoms with van der Waals surface area (Å²) in [5, 5.41) is 1.84. The number of hydrogen-bond acceptors (Lipinski definition) is 4. The van der Waals surface area contributed by atoms with Crippen molar-refractivity contribution in [1.29, 1.82) is 0 Å². The molecule has 0 saturated carbocycles. The highest BCUT2D eigenvalue weighted by atomic mass is 35.5. The smallest absolute Gasteiger partial charge is 0.435 e. The number of ether oxygens (including phenoxy) is 2. The molecule has 1 aromatic rings. The van der Waals surface area contributed by atoms with Crippen LogP contribution in [0.4, 0.5) is 4.79 Å². The van der Waals surface area contributed by atoms with Crippen LogP contribution in [0.25, 0.3) is 0 Å². The molecule has 1 aliphatic heterocycles. The molecule has 1 amide bonds. The zero-order valence-electron chi connectivity index (χ0n) is 8.44. The van der Waals surface area contributed by atoms with Gasteiger partial charge in [0, 0.05) is 12.1 Å². The van der Waals surface area contributed by atoms with Gasteiger partial charge in [-0.05, 0) is 24.3 Å². The van der Waals surface area contributed by atoms with Crippen LogP contribution >= 0.6 is 11.6 Å². The lowest BCUT2D eigenvalue weighted by atomic mass is 10.3. The molecule has 1 heterocycles. The van der Waals surface area contributed by atoms with Gasteiger partial charge in [0.15, 0.2) is 6.26 Å². The first-order valence-corrected chi connectivity index (χ1v) is 4.87. The molecule has 5 nitrogen and oxygen atoms in total. The van der Waals surface area contributed by atoms with Gasteiger partial charge in [-0.2, -0.15) is 0 Å². The second-order valence-corrected chi connectivity index (χ2v) is 3.53. The molecule has 0 bridgehead atoms. The Balaban J connectivity index is 1.99. The first-order chi connectivity index (χ1) is 7.65. The number of rotatable bonds is 2. The zero-order chi connectivity index (χ0) is 11.5. The van der Waals surface area contributed by atoms with Gasteiger partial charge in [0.2, 0.25) is 0 Å². The van der Waals surface area contributed by atoms with E-state index in [-0.39, 0.29) is 5.88 Å². The van der Waals surface area contributed by atoms with E-state index < -0.39 is 6.09 Å². The van der Waals surface area contributed by atoms with Crippen LogP contribution in [0.5, 0.6) is 5.75 Å². The van der Waals surface area contributed by atoms with Crippen LogP contribution in [0.2, 0.25) is 5.02 Å². The summed E-state index contributed by atoms with van der Waals surface area (Å²) in [5.41, 5.74) is 2.66. The van der Waals surface area contributed by atoms with Gasteiger partial charge in [-0.25, -0.2) is 9.80 Å². The Labute approximate surface area is 97.2 Å². The summed E-state index contributed by atoms with van der Waals surface area (Å²) in [4.78, 5) is 11.0. The fourth-order valence-corrected chi connectivity index (χ4v) is 1.21. The average Bonchev–Trinajstić information content (AvgIpc) is 2.58. The van der Waals surface area contributed by atoms with E-state index in [9.17, 15) is 4.79 Å². The highest BCUT2D eigenvalue weighted by Gasteiger charge is 2.22. The molecule has 2 rings (SSSR count). The molecule has 1 saturated heterocycles. The lowest BCUT2D eigenvalue weighted by Gasteiger charge is -2.03. The zero-order valence-corrected chi connectivity index (χ0v) is 9.19. The lowest BCUT2D eigenvalue weighted by molar-refractivity contribution is 0.171. The number of nitrogens with zero attached hydrogens (tertiary/aromatic N) is 1. The Morgan fingerprint density at radius 2 is 2.12 bits per heavy atom. The minimum Gasteiger partial charge on any atom is -0.459 e. The molecular weight excluding hydrogens is 232 g/mol. The van der Waals surface area contributed by atoms with Gasteiger partial charge in [0.1, 0.15) is 5.75 Å². The van der Waals surface area contributed by atoms with E-state index in [4.69, 9.17) is 21.1 Å². The maximum Gasteiger partial charge on any atom is 0.435 e. The molecule has 0 spiro atoms. The molecule has 1 fully saturated rings. The number of halogens is 1. The summed E-state index contributed by atoms with van der Waals surface area (Å²) < 4.78 is 10.1. The average molecular weight is 241 g/mol. The van der Waals surface area contributed by atoms with Crippen LogP contribution in [0, 0.1) is 0 Å². The maximum absolute atomic E-state index is 11.0. The van der Waals surface area contributed by atoms with Crippen LogP contribution < -0.4 is 10.2 Å². The number of benzene rings is 1. The van der Waals surface area contributed by atoms with E-state index in [0.717, 1.165) is 0 Å². The molecule has 0 aliphatic carbocycles. The van der Waals surface area contributed by atoms with Crippen LogP contribution in [0.15, 0.2) is 36.4 Å². The van der Waals surface area contributed by atoms with Crippen LogP contribution in [0.1, 0.15) is 0 Å². The largest absolute Gasteiger partial charge is 0.459 e. The molecule has 6 heteroatoms. The van der Waals surface area contributed by atoms with Crippen molar-refractivity contribution in [1.82, 2.24) is 10.4 Å². The van der Waals surface area contributed by atoms with Crippen LogP contribution in [0.3, 0.4) is 0 Å². The molecule has 1 N–H and O–H groups in total. The Morgan fingerprint density at radius 1 is 1.44 bits per heavy atom. The molecule has 1 aliphatic rings. The molecule has 0 atom stereocenters. The van der Waals surface area contributed by atoms with E-state index in [1.165, 1.54) is 11.3 Å². The van der Waals surface area contributed by atoms with E-state index in [2.05, 4.69) is 5.43 Å². The van der Waals surface area contributed by atoms with Crippen LogP contribution in [-0.4, -0.2) is 18.1 Å². The summed E-state index contributed by atoms with van der Waals surface area (Å²) in [6.07, 6.45) is 0.830. The molecule has 0 aromatic heterocycles. The predicted octanol–water partition coefficient (Wildman–Crippen LogP) is 2.10. The van der Waals surface area contributed by atoms with E-state index in [1.54, 1.807) is 31.3 Å². The van der Waals surface area contributed by atoms with Crippen molar-refractivity contribution in [2.75, 3.05) is 7.05 Å². The van der Waals surface area contributed by atoms with E-state index in [1.807, 2.05) is 0 Å². The van der Waals surface area contributed by atoms with Crippen molar-refractivity contribution in [3.8, 4) is 5.75 Å².